The molecular formula is C14H14N2O2. The van der Waals surface area contributed by atoms with Gasteiger partial charge in [-0.15, -0.1) is 0 Å². The summed E-state index contributed by atoms with van der Waals surface area (Å²) in [5.74, 6) is 0.0798. The van der Waals surface area contributed by atoms with Gasteiger partial charge in [0.25, 0.3) is 0 Å². The van der Waals surface area contributed by atoms with Crippen molar-refractivity contribution in [2.75, 3.05) is 5.32 Å². The lowest BCUT2D eigenvalue weighted by Gasteiger charge is -2.14. The molecule has 0 bridgehead atoms. The van der Waals surface area contributed by atoms with Crippen LogP contribution in [0.1, 0.15) is 12.8 Å². The number of hydrogen-bond donors (Lipinski definition) is 2. The maximum Gasteiger partial charge on any atom is 0.326 e. The first-order valence-corrected chi connectivity index (χ1v) is 6.09. The van der Waals surface area contributed by atoms with E-state index in [9.17, 15) is 4.79 Å². The number of fused-ring (bicyclic) bond motifs is 1. The van der Waals surface area contributed by atoms with E-state index in [1.807, 2.05) is 36.4 Å². The van der Waals surface area contributed by atoms with Gasteiger partial charge in [-0.2, -0.15) is 0 Å². The van der Waals surface area contributed by atoms with Gasteiger partial charge in [-0.05, 0) is 37.0 Å². The maximum absolute atomic E-state index is 11.2. The summed E-state index contributed by atoms with van der Waals surface area (Å²) in [5.41, 5.74) is 0.877. The van der Waals surface area contributed by atoms with E-state index < -0.39 is 12.0 Å². The highest BCUT2D eigenvalue weighted by molar-refractivity contribution is 5.82. The fourth-order valence-electron chi connectivity index (χ4n) is 2.12. The number of nitrogens with one attached hydrogen (secondary N) is 1. The fourth-order valence-corrected chi connectivity index (χ4v) is 2.12. The molecule has 1 aliphatic carbocycles. The molecule has 0 aliphatic heterocycles. The lowest BCUT2D eigenvalue weighted by molar-refractivity contribution is -0.138. The van der Waals surface area contributed by atoms with Gasteiger partial charge in [0.05, 0.1) is 5.52 Å². The van der Waals surface area contributed by atoms with Crippen molar-refractivity contribution in [3.63, 3.8) is 0 Å². The molecule has 1 atom stereocenters. The fraction of sp³-hybridized carbons (Fsp3) is 0.286. The Bertz CT molecular complexity index is 593. The number of carboxylic acids is 1. The molecule has 3 rings (SSSR count). The van der Waals surface area contributed by atoms with Crippen molar-refractivity contribution >= 4 is 22.7 Å². The van der Waals surface area contributed by atoms with Gasteiger partial charge < -0.3 is 10.4 Å². The Hall–Kier alpha value is -2.10. The minimum absolute atomic E-state index is 0.246. The Labute approximate surface area is 105 Å². The molecule has 1 saturated carbocycles. The monoisotopic (exact) mass is 242 g/mol. The first-order chi connectivity index (χ1) is 8.74. The second-order valence-corrected chi connectivity index (χ2v) is 4.69. The molecule has 2 N–H and O–H groups in total. The predicted molar refractivity (Wildman–Crippen MR) is 69.5 cm³/mol. The molecule has 1 aromatic carbocycles. The molecule has 1 fully saturated rings. The Morgan fingerprint density at radius 2 is 2.06 bits per heavy atom. The number of carboxylic acid groups (broad SMARTS) is 1. The number of rotatable bonds is 4. The Kier molecular flexibility index (Phi) is 2.63. The summed E-state index contributed by atoms with van der Waals surface area (Å²) in [6, 6.07) is 11.1. The van der Waals surface area contributed by atoms with Crippen LogP contribution >= 0.6 is 0 Å². The van der Waals surface area contributed by atoms with E-state index in [4.69, 9.17) is 5.11 Å². The van der Waals surface area contributed by atoms with Crippen molar-refractivity contribution in [3.05, 3.63) is 36.4 Å². The van der Waals surface area contributed by atoms with Gasteiger partial charge in [-0.25, -0.2) is 9.78 Å². The molecule has 4 nitrogen and oxygen atoms in total. The first-order valence-electron chi connectivity index (χ1n) is 6.09. The lowest BCUT2D eigenvalue weighted by Crippen LogP contribution is -2.31. The molecule has 1 aromatic heterocycles. The quantitative estimate of drug-likeness (QED) is 0.864. The van der Waals surface area contributed by atoms with E-state index in [0.717, 1.165) is 23.7 Å². The molecule has 1 heterocycles. The summed E-state index contributed by atoms with van der Waals surface area (Å²) in [5, 5.41) is 13.2. The molecule has 4 heteroatoms. The Balaban J connectivity index is 1.87. The van der Waals surface area contributed by atoms with Crippen LogP contribution in [0, 0.1) is 5.92 Å². The molecule has 0 amide bonds. The molecule has 1 aliphatic rings. The number of benzene rings is 1. The van der Waals surface area contributed by atoms with Crippen molar-refractivity contribution in [2.24, 2.45) is 5.92 Å². The van der Waals surface area contributed by atoms with Crippen LogP contribution in [0.5, 0.6) is 0 Å². The highest BCUT2D eigenvalue weighted by Gasteiger charge is 2.36. The van der Waals surface area contributed by atoms with Crippen LogP contribution in [0.3, 0.4) is 0 Å². The number of pyridine rings is 1. The highest BCUT2D eigenvalue weighted by atomic mass is 16.4. The van der Waals surface area contributed by atoms with Gasteiger partial charge in [0.1, 0.15) is 11.9 Å². The normalized spacial score (nSPS) is 16.4. The van der Waals surface area contributed by atoms with E-state index in [1.54, 1.807) is 0 Å². The summed E-state index contributed by atoms with van der Waals surface area (Å²) in [7, 11) is 0. The van der Waals surface area contributed by atoms with Crippen molar-refractivity contribution in [2.45, 2.75) is 18.9 Å². The maximum atomic E-state index is 11.2. The van der Waals surface area contributed by atoms with Gasteiger partial charge in [0.2, 0.25) is 0 Å². The molecular weight excluding hydrogens is 228 g/mol. The van der Waals surface area contributed by atoms with Crippen molar-refractivity contribution in [1.29, 1.82) is 0 Å². The van der Waals surface area contributed by atoms with Crippen LogP contribution in [0.25, 0.3) is 10.9 Å². The molecule has 1 unspecified atom stereocenters. The minimum atomic E-state index is -0.799. The van der Waals surface area contributed by atoms with Crippen LogP contribution in [-0.2, 0) is 4.79 Å². The summed E-state index contributed by atoms with van der Waals surface area (Å²) in [6.45, 7) is 0. The number of aliphatic carboxylic acids is 1. The average Bonchev–Trinajstić information content (AvgIpc) is 3.19. The number of carbonyl (C=O) groups is 1. The van der Waals surface area contributed by atoms with E-state index in [0.29, 0.717) is 5.82 Å². The largest absolute Gasteiger partial charge is 0.480 e. The van der Waals surface area contributed by atoms with Crippen LogP contribution in [0.2, 0.25) is 0 Å². The van der Waals surface area contributed by atoms with Crippen molar-refractivity contribution < 1.29 is 9.90 Å². The molecule has 92 valence electrons. The summed E-state index contributed by atoms with van der Waals surface area (Å²) >= 11 is 0. The van der Waals surface area contributed by atoms with E-state index in [2.05, 4.69) is 10.3 Å². The van der Waals surface area contributed by atoms with E-state index in [-0.39, 0.29) is 5.92 Å². The third-order valence-electron chi connectivity index (χ3n) is 3.26. The predicted octanol–water partition coefficient (Wildman–Crippen LogP) is 2.51. The second kappa shape index (κ2) is 4.29. The molecule has 2 aromatic rings. The lowest BCUT2D eigenvalue weighted by atomic mass is 10.2. The summed E-state index contributed by atoms with van der Waals surface area (Å²) < 4.78 is 0. The van der Waals surface area contributed by atoms with Crippen LogP contribution < -0.4 is 5.32 Å². The van der Waals surface area contributed by atoms with Crippen LogP contribution in [-0.4, -0.2) is 22.1 Å². The Morgan fingerprint density at radius 1 is 1.28 bits per heavy atom. The zero-order chi connectivity index (χ0) is 12.5. The molecule has 0 radical (unpaired) electrons. The van der Waals surface area contributed by atoms with Gasteiger partial charge in [0, 0.05) is 5.39 Å². The minimum Gasteiger partial charge on any atom is -0.480 e. The summed E-state index contributed by atoms with van der Waals surface area (Å²) in [6.07, 6.45) is 1.97. The molecule has 18 heavy (non-hydrogen) atoms. The second-order valence-electron chi connectivity index (χ2n) is 4.69. The number of aromatic nitrogens is 1. The number of anilines is 1. The standard InChI is InChI=1S/C14H14N2O2/c17-14(18)13(10-5-6-10)16-12-8-7-9-3-1-2-4-11(9)15-12/h1-4,7-8,10,13H,5-6H2,(H,15,16)(H,17,18). The average molecular weight is 242 g/mol. The topological polar surface area (TPSA) is 62.2 Å². The van der Waals surface area contributed by atoms with E-state index in [1.165, 1.54) is 0 Å². The summed E-state index contributed by atoms with van der Waals surface area (Å²) in [4.78, 5) is 15.6. The van der Waals surface area contributed by atoms with Gasteiger partial charge >= 0.3 is 5.97 Å². The van der Waals surface area contributed by atoms with Gasteiger partial charge in [-0.1, -0.05) is 18.2 Å². The number of nitrogens with zero attached hydrogens (tertiary/aromatic N) is 1. The number of hydrogen-bond acceptors (Lipinski definition) is 3. The zero-order valence-electron chi connectivity index (χ0n) is 9.84. The third kappa shape index (κ3) is 2.14. The van der Waals surface area contributed by atoms with Gasteiger partial charge in [0.15, 0.2) is 0 Å². The Morgan fingerprint density at radius 3 is 2.78 bits per heavy atom. The molecule has 0 spiro atoms. The van der Waals surface area contributed by atoms with Crippen molar-refractivity contribution in [3.8, 4) is 0 Å². The van der Waals surface area contributed by atoms with Crippen LogP contribution in [0.15, 0.2) is 36.4 Å². The van der Waals surface area contributed by atoms with E-state index >= 15 is 0 Å². The smallest absolute Gasteiger partial charge is 0.326 e. The zero-order valence-corrected chi connectivity index (χ0v) is 9.84. The number of para-hydroxylation sites is 1. The SMILES string of the molecule is O=C(O)C(Nc1ccc2ccccc2n1)C1CC1. The third-order valence-corrected chi connectivity index (χ3v) is 3.26. The first kappa shape index (κ1) is 11.0. The highest BCUT2D eigenvalue weighted by Crippen LogP contribution is 2.34. The molecule has 0 saturated heterocycles. The van der Waals surface area contributed by atoms with Crippen molar-refractivity contribution in [1.82, 2.24) is 4.98 Å². The van der Waals surface area contributed by atoms with Crippen LogP contribution in [0.4, 0.5) is 5.82 Å². The van der Waals surface area contributed by atoms with Gasteiger partial charge in [-0.3, -0.25) is 0 Å².